The van der Waals surface area contributed by atoms with E-state index in [9.17, 15) is 9.59 Å². The summed E-state index contributed by atoms with van der Waals surface area (Å²) < 4.78 is 5.83. The predicted octanol–water partition coefficient (Wildman–Crippen LogP) is 4.39. The number of ether oxygens (including phenoxy) is 1. The first-order chi connectivity index (χ1) is 13.3. The van der Waals surface area contributed by atoms with Gasteiger partial charge in [-0.1, -0.05) is 45.0 Å². The number of benzene rings is 2. The number of anilines is 1. The van der Waals surface area contributed by atoms with E-state index in [-0.39, 0.29) is 22.9 Å². The fraction of sp³-hybridized carbons (Fsp3) is 0.391. The summed E-state index contributed by atoms with van der Waals surface area (Å²) >= 11 is 0. The zero-order chi connectivity index (χ0) is 20.3. The SMILES string of the molecule is CC(C)(C)c1ccc(N2C(=O)CC[C@H]2COCc2cccc(C(=O)O)c2)cc1. The predicted molar refractivity (Wildman–Crippen MR) is 109 cm³/mol. The molecule has 5 heteroatoms. The van der Waals surface area contributed by atoms with E-state index in [1.807, 2.05) is 23.1 Å². The van der Waals surface area contributed by atoms with Crippen LogP contribution in [-0.2, 0) is 21.6 Å². The van der Waals surface area contributed by atoms with Gasteiger partial charge in [-0.05, 0) is 47.2 Å². The van der Waals surface area contributed by atoms with Gasteiger partial charge in [-0.3, -0.25) is 4.79 Å². The van der Waals surface area contributed by atoms with E-state index in [1.54, 1.807) is 18.2 Å². The number of nitrogens with zero attached hydrogens (tertiary/aromatic N) is 1. The van der Waals surface area contributed by atoms with Crippen LogP contribution in [0.1, 0.15) is 55.1 Å². The maximum atomic E-state index is 12.4. The minimum Gasteiger partial charge on any atom is -0.478 e. The fourth-order valence-electron chi connectivity index (χ4n) is 3.48. The van der Waals surface area contributed by atoms with E-state index >= 15 is 0 Å². The van der Waals surface area contributed by atoms with Gasteiger partial charge >= 0.3 is 5.97 Å². The quantitative estimate of drug-likeness (QED) is 0.806. The molecule has 0 unspecified atom stereocenters. The number of carbonyl (C=O) groups excluding carboxylic acids is 1. The lowest BCUT2D eigenvalue weighted by atomic mass is 9.87. The van der Waals surface area contributed by atoms with Crippen LogP contribution in [0.3, 0.4) is 0 Å². The summed E-state index contributed by atoms with van der Waals surface area (Å²) in [6, 6.07) is 14.9. The Labute approximate surface area is 165 Å². The third-order valence-corrected chi connectivity index (χ3v) is 5.09. The summed E-state index contributed by atoms with van der Waals surface area (Å²) in [5.41, 5.74) is 3.26. The average Bonchev–Trinajstić information content (AvgIpc) is 3.02. The second kappa shape index (κ2) is 8.15. The van der Waals surface area contributed by atoms with Crippen molar-refractivity contribution in [2.45, 2.75) is 51.7 Å². The minimum atomic E-state index is -0.951. The van der Waals surface area contributed by atoms with Gasteiger partial charge in [0.25, 0.3) is 0 Å². The van der Waals surface area contributed by atoms with Gasteiger partial charge < -0.3 is 14.7 Å². The largest absolute Gasteiger partial charge is 0.478 e. The molecule has 1 N–H and O–H groups in total. The molecule has 0 spiro atoms. The van der Waals surface area contributed by atoms with E-state index in [0.717, 1.165) is 17.7 Å². The topological polar surface area (TPSA) is 66.8 Å². The van der Waals surface area contributed by atoms with Crippen LogP contribution < -0.4 is 4.90 Å². The van der Waals surface area contributed by atoms with Crippen LogP contribution in [0.25, 0.3) is 0 Å². The van der Waals surface area contributed by atoms with Gasteiger partial charge in [0.15, 0.2) is 0 Å². The molecule has 0 saturated carbocycles. The summed E-state index contributed by atoms with van der Waals surface area (Å²) in [6.07, 6.45) is 1.28. The summed E-state index contributed by atoms with van der Waals surface area (Å²) in [5, 5.41) is 9.08. The standard InChI is InChI=1S/C23H27NO4/c1-23(2,3)18-7-9-19(10-8-18)24-20(11-12-21(24)25)15-28-14-16-5-4-6-17(13-16)22(26)27/h4-10,13,20H,11-12,14-15H2,1-3H3,(H,26,27)/t20-/m0/s1. The van der Waals surface area contributed by atoms with Crippen LogP contribution in [-0.4, -0.2) is 29.6 Å². The number of hydrogen-bond acceptors (Lipinski definition) is 3. The Bertz CT molecular complexity index is 852. The highest BCUT2D eigenvalue weighted by atomic mass is 16.5. The summed E-state index contributed by atoms with van der Waals surface area (Å²) in [5.74, 6) is -0.835. The molecule has 1 fully saturated rings. The molecule has 28 heavy (non-hydrogen) atoms. The molecule has 1 saturated heterocycles. The van der Waals surface area contributed by atoms with E-state index < -0.39 is 5.97 Å². The number of hydrogen-bond donors (Lipinski definition) is 1. The highest BCUT2D eigenvalue weighted by Gasteiger charge is 2.32. The van der Waals surface area contributed by atoms with Crippen molar-refractivity contribution in [3.63, 3.8) is 0 Å². The molecule has 3 rings (SSSR count). The Morgan fingerprint density at radius 3 is 2.54 bits per heavy atom. The van der Waals surface area contributed by atoms with Crippen molar-refractivity contribution in [2.75, 3.05) is 11.5 Å². The smallest absolute Gasteiger partial charge is 0.335 e. The second-order valence-corrected chi connectivity index (χ2v) is 8.27. The Kier molecular flexibility index (Phi) is 5.84. The van der Waals surface area contributed by atoms with Crippen molar-refractivity contribution in [1.82, 2.24) is 0 Å². The number of amides is 1. The van der Waals surface area contributed by atoms with Crippen LogP contribution in [0.15, 0.2) is 48.5 Å². The summed E-state index contributed by atoms with van der Waals surface area (Å²) in [6.45, 7) is 7.24. The van der Waals surface area contributed by atoms with Gasteiger partial charge in [0, 0.05) is 12.1 Å². The van der Waals surface area contributed by atoms with Crippen LogP contribution in [0.5, 0.6) is 0 Å². The third kappa shape index (κ3) is 4.60. The van der Waals surface area contributed by atoms with E-state index in [4.69, 9.17) is 9.84 Å². The average molecular weight is 381 g/mol. The molecule has 0 aromatic heterocycles. The zero-order valence-corrected chi connectivity index (χ0v) is 16.6. The number of carboxylic acids is 1. The Morgan fingerprint density at radius 2 is 1.89 bits per heavy atom. The monoisotopic (exact) mass is 381 g/mol. The molecule has 1 aliphatic heterocycles. The molecule has 2 aromatic carbocycles. The molecule has 0 bridgehead atoms. The number of rotatable bonds is 6. The number of carbonyl (C=O) groups is 2. The molecule has 1 amide bonds. The second-order valence-electron chi connectivity index (χ2n) is 8.27. The van der Waals surface area contributed by atoms with Gasteiger partial charge in [0.1, 0.15) is 0 Å². The van der Waals surface area contributed by atoms with Crippen molar-refractivity contribution in [1.29, 1.82) is 0 Å². The Hall–Kier alpha value is -2.66. The maximum Gasteiger partial charge on any atom is 0.335 e. The highest BCUT2D eigenvalue weighted by molar-refractivity contribution is 5.96. The molecular weight excluding hydrogens is 354 g/mol. The molecule has 1 heterocycles. The molecule has 0 radical (unpaired) electrons. The van der Waals surface area contributed by atoms with Crippen molar-refractivity contribution in [3.8, 4) is 0 Å². The van der Waals surface area contributed by atoms with Crippen LogP contribution in [0.4, 0.5) is 5.69 Å². The van der Waals surface area contributed by atoms with Gasteiger partial charge in [-0.15, -0.1) is 0 Å². The molecular formula is C23H27NO4. The summed E-state index contributed by atoms with van der Waals surface area (Å²) in [4.78, 5) is 25.3. The Balaban J connectivity index is 1.64. The van der Waals surface area contributed by atoms with Gasteiger partial charge in [0.05, 0.1) is 24.8 Å². The normalized spacial score (nSPS) is 17.2. The van der Waals surface area contributed by atoms with Crippen LogP contribution in [0.2, 0.25) is 0 Å². The molecule has 0 aliphatic carbocycles. The number of aromatic carboxylic acids is 1. The van der Waals surface area contributed by atoms with Gasteiger partial charge in [-0.25, -0.2) is 4.79 Å². The van der Waals surface area contributed by atoms with Crippen molar-refractivity contribution in [2.24, 2.45) is 0 Å². The fourth-order valence-corrected chi connectivity index (χ4v) is 3.48. The lowest BCUT2D eigenvalue weighted by molar-refractivity contribution is -0.117. The van der Waals surface area contributed by atoms with Crippen molar-refractivity contribution >= 4 is 17.6 Å². The lowest BCUT2D eigenvalue weighted by Crippen LogP contribution is -2.36. The van der Waals surface area contributed by atoms with Crippen molar-refractivity contribution < 1.29 is 19.4 Å². The van der Waals surface area contributed by atoms with Crippen LogP contribution in [0, 0.1) is 0 Å². The third-order valence-electron chi connectivity index (χ3n) is 5.09. The van der Waals surface area contributed by atoms with E-state index in [0.29, 0.717) is 19.6 Å². The van der Waals surface area contributed by atoms with Gasteiger partial charge in [0.2, 0.25) is 5.91 Å². The number of carboxylic acid groups (broad SMARTS) is 1. The van der Waals surface area contributed by atoms with Crippen molar-refractivity contribution in [3.05, 3.63) is 65.2 Å². The highest BCUT2D eigenvalue weighted by Crippen LogP contribution is 2.30. The van der Waals surface area contributed by atoms with E-state index in [1.165, 1.54) is 5.56 Å². The first kappa shape index (κ1) is 20.1. The first-order valence-electron chi connectivity index (χ1n) is 9.58. The maximum absolute atomic E-state index is 12.4. The van der Waals surface area contributed by atoms with Gasteiger partial charge in [-0.2, -0.15) is 0 Å². The zero-order valence-electron chi connectivity index (χ0n) is 16.6. The summed E-state index contributed by atoms with van der Waals surface area (Å²) in [7, 11) is 0. The molecule has 1 aliphatic rings. The van der Waals surface area contributed by atoms with Crippen LogP contribution >= 0.6 is 0 Å². The molecule has 148 valence electrons. The Morgan fingerprint density at radius 1 is 1.18 bits per heavy atom. The molecule has 5 nitrogen and oxygen atoms in total. The lowest BCUT2D eigenvalue weighted by Gasteiger charge is -2.26. The molecule has 1 atom stereocenters. The van der Waals surface area contributed by atoms with E-state index in [2.05, 4.69) is 32.9 Å². The first-order valence-corrected chi connectivity index (χ1v) is 9.58. The molecule has 2 aromatic rings. The minimum absolute atomic E-state index is 0.00403.